The average molecular weight is 425 g/mol. The molecule has 3 aromatic heterocycles. The minimum atomic E-state index is 0.302. The molecule has 7 nitrogen and oxygen atoms in total. The topological polar surface area (TPSA) is 76.1 Å². The number of hydrogen-bond donors (Lipinski definition) is 1. The van der Waals surface area contributed by atoms with Crippen LogP contribution in [0.2, 0.25) is 0 Å². The van der Waals surface area contributed by atoms with Crippen molar-refractivity contribution in [3.8, 4) is 0 Å². The van der Waals surface area contributed by atoms with Gasteiger partial charge in [-0.15, -0.1) is 11.3 Å². The lowest BCUT2D eigenvalue weighted by atomic mass is 10.1. The number of nitrogens with one attached hydrogen (secondary N) is 1. The number of likely N-dealkylation sites (tertiary alicyclic amines) is 1. The van der Waals surface area contributed by atoms with E-state index >= 15 is 0 Å². The van der Waals surface area contributed by atoms with Crippen molar-refractivity contribution < 1.29 is 4.74 Å². The van der Waals surface area contributed by atoms with Gasteiger partial charge in [-0.05, 0) is 45.4 Å². The Labute approximate surface area is 181 Å². The molecule has 1 fully saturated rings. The van der Waals surface area contributed by atoms with Crippen molar-refractivity contribution in [3.05, 3.63) is 58.4 Å². The van der Waals surface area contributed by atoms with E-state index in [4.69, 9.17) is 9.72 Å². The van der Waals surface area contributed by atoms with E-state index in [1.165, 1.54) is 11.3 Å². The first-order valence-corrected chi connectivity index (χ1v) is 11.1. The molecule has 1 saturated heterocycles. The lowest BCUT2D eigenvalue weighted by Gasteiger charge is -2.24. The Balaban J connectivity index is 1.47. The smallest absolute Gasteiger partial charge is 0.187 e. The number of aromatic nitrogens is 4. The Bertz CT molecular complexity index is 974. The number of pyridine rings is 1. The first kappa shape index (κ1) is 20.8. The fourth-order valence-electron chi connectivity index (χ4n) is 3.84. The van der Waals surface area contributed by atoms with Gasteiger partial charge in [0, 0.05) is 60.5 Å². The van der Waals surface area contributed by atoms with Crippen LogP contribution in [-0.2, 0) is 17.7 Å². The van der Waals surface area contributed by atoms with Crippen LogP contribution >= 0.6 is 11.3 Å². The molecule has 1 N–H and O–H groups in total. The summed E-state index contributed by atoms with van der Waals surface area (Å²) in [6.45, 7) is 6.65. The summed E-state index contributed by atoms with van der Waals surface area (Å²) < 4.78 is 5.10. The van der Waals surface area contributed by atoms with Crippen LogP contribution in [0.1, 0.15) is 46.5 Å². The van der Waals surface area contributed by atoms with Crippen molar-refractivity contribution in [3.63, 3.8) is 0 Å². The molecule has 0 aromatic carbocycles. The molecular weight excluding hydrogens is 396 g/mol. The standard InChI is InChI=1S/C22H28N6OS/c1-15-9-18(27-22-25-11-16(2)30-22)10-19(26-15)20-5-4-7-28(20)14-17-12-23-21(24-13-17)6-8-29-3/h9-13,20H,4-8,14H2,1-3H3,(H,25,26,27). The zero-order valence-corrected chi connectivity index (χ0v) is 18.6. The monoisotopic (exact) mass is 424 g/mol. The number of ether oxygens (including phenoxy) is 1. The second-order valence-electron chi connectivity index (χ2n) is 7.70. The molecule has 1 unspecified atom stereocenters. The van der Waals surface area contributed by atoms with Crippen LogP contribution in [0.5, 0.6) is 0 Å². The molecule has 1 aliphatic rings. The van der Waals surface area contributed by atoms with E-state index in [0.29, 0.717) is 12.6 Å². The number of rotatable bonds is 8. The van der Waals surface area contributed by atoms with Crippen molar-refractivity contribution in [2.45, 2.75) is 45.7 Å². The maximum absolute atomic E-state index is 5.10. The lowest BCUT2D eigenvalue weighted by molar-refractivity contribution is 0.200. The van der Waals surface area contributed by atoms with Gasteiger partial charge in [0.2, 0.25) is 0 Å². The van der Waals surface area contributed by atoms with E-state index in [1.54, 1.807) is 18.4 Å². The minimum Gasteiger partial charge on any atom is -0.384 e. The minimum absolute atomic E-state index is 0.302. The van der Waals surface area contributed by atoms with E-state index in [2.05, 4.69) is 44.2 Å². The van der Waals surface area contributed by atoms with Crippen LogP contribution in [0.3, 0.4) is 0 Å². The maximum Gasteiger partial charge on any atom is 0.187 e. The van der Waals surface area contributed by atoms with Gasteiger partial charge >= 0.3 is 0 Å². The largest absolute Gasteiger partial charge is 0.384 e. The van der Waals surface area contributed by atoms with Crippen LogP contribution < -0.4 is 5.32 Å². The van der Waals surface area contributed by atoms with E-state index in [-0.39, 0.29) is 0 Å². The highest BCUT2D eigenvalue weighted by atomic mass is 32.1. The SMILES string of the molecule is COCCc1ncc(CN2CCCC2c2cc(Nc3ncc(C)s3)cc(C)n2)cn1. The van der Waals surface area contributed by atoms with Crippen molar-refractivity contribution in [1.82, 2.24) is 24.8 Å². The molecule has 0 radical (unpaired) electrons. The molecule has 8 heteroatoms. The highest BCUT2D eigenvalue weighted by Crippen LogP contribution is 2.34. The molecule has 3 aromatic rings. The van der Waals surface area contributed by atoms with E-state index < -0.39 is 0 Å². The zero-order chi connectivity index (χ0) is 20.9. The van der Waals surface area contributed by atoms with Crippen LogP contribution in [-0.4, -0.2) is 45.1 Å². The van der Waals surface area contributed by atoms with Gasteiger partial charge in [-0.1, -0.05) is 0 Å². The summed E-state index contributed by atoms with van der Waals surface area (Å²) in [6.07, 6.45) is 8.79. The van der Waals surface area contributed by atoms with Crippen LogP contribution in [0, 0.1) is 13.8 Å². The second kappa shape index (κ2) is 9.59. The molecule has 0 saturated carbocycles. The normalized spacial score (nSPS) is 16.8. The van der Waals surface area contributed by atoms with Gasteiger partial charge in [-0.25, -0.2) is 15.0 Å². The summed E-state index contributed by atoms with van der Waals surface area (Å²) >= 11 is 1.66. The van der Waals surface area contributed by atoms with E-state index in [1.807, 2.05) is 25.5 Å². The molecule has 0 amide bonds. The Morgan fingerprint density at radius 3 is 2.73 bits per heavy atom. The summed E-state index contributed by atoms with van der Waals surface area (Å²) in [4.78, 5) is 21.9. The summed E-state index contributed by atoms with van der Waals surface area (Å²) in [6, 6.07) is 4.54. The molecule has 1 aliphatic heterocycles. The molecule has 0 bridgehead atoms. The van der Waals surface area contributed by atoms with Crippen LogP contribution in [0.15, 0.2) is 30.7 Å². The van der Waals surface area contributed by atoms with E-state index in [0.717, 1.165) is 59.5 Å². The van der Waals surface area contributed by atoms with Crippen LogP contribution in [0.25, 0.3) is 0 Å². The molecule has 1 atom stereocenters. The molecule has 0 spiro atoms. The van der Waals surface area contributed by atoms with Gasteiger partial charge in [-0.3, -0.25) is 9.88 Å². The van der Waals surface area contributed by atoms with Crippen LogP contribution in [0.4, 0.5) is 10.8 Å². The molecule has 0 aliphatic carbocycles. The highest BCUT2D eigenvalue weighted by molar-refractivity contribution is 7.15. The third kappa shape index (κ3) is 5.19. The van der Waals surface area contributed by atoms with Gasteiger partial charge in [-0.2, -0.15) is 0 Å². The van der Waals surface area contributed by atoms with Gasteiger partial charge in [0.1, 0.15) is 5.82 Å². The molecule has 30 heavy (non-hydrogen) atoms. The number of nitrogens with zero attached hydrogens (tertiary/aromatic N) is 5. The average Bonchev–Trinajstić information content (AvgIpc) is 3.36. The lowest BCUT2D eigenvalue weighted by Crippen LogP contribution is -2.24. The number of hydrogen-bond acceptors (Lipinski definition) is 8. The number of anilines is 2. The number of aryl methyl sites for hydroxylation is 2. The molecule has 4 rings (SSSR count). The van der Waals surface area contributed by atoms with Crippen molar-refractivity contribution in [2.24, 2.45) is 0 Å². The summed E-state index contributed by atoms with van der Waals surface area (Å²) in [7, 11) is 1.69. The summed E-state index contributed by atoms with van der Waals surface area (Å²) in [5, 5.41) is 4.35. The maximum atomic E-state index is 5.10. The second-order valence-corrected chi connectivity index (χ2v) is 8.94. The fourth-order valence-corrected chi connectivity index (χ4v) is 4.53. The highest BCUT2D eigenvalue weighted by Gasteiger charge is 2.27. The zero-order valence-electron chi connectivity index (χ0n) is 17.8. The predicted molar refractivity (Wildman–Crippen MR) is 119 cm³/mol. The molecule has 4 heterocycles. The third-order valence-electron chi connectivity index (χ3n) is 5.23. The number of methoxy groups -OCH3 is 1. The quantitative estimate of drug-likeness (QED) is 0.580. The summed E-state index contributed by atoms with van der Waals surface area (Å²) in [5.41, 5.74) is 4.30. The number of thiazole rings is 1. The van der Waals surface area contributed by atoms with Gasteiger partial charge < -0.3 is 10.1 Å². The van der Waals surface area contributed by atoms with Gasteiger partial charge in [0.25, 0.3) is 0 Å². The first-order chi connectivity index (χ1) is 14.6. The van der Waals surface area contributed by atoms with Gasteiger partial charge in [0.05, 0.1) is 18.3 Å². The Morgan fingerprint density at radius 2 is 2.00 bits per heavy atom. The van der Waals surface area contributed by atoms with Gasteiger partial charge in [0.15, 0.2) is 5.13 Å². The van der Waals surface area contributed by atoms with Crippen molar-refractivity contribution in [1.29, 1.82) is 0 Å². The molecule has 158 valence electrons. The predicted octanol–water partition coefficient (Wildman–Crippen LogP) is 4.21. The fraction of sp³-hybridized carbons (Fsp3) is 0.455. The first-order valence-electron chi connectivity index (χ1n) is 10.3. The van der Waals surface area contributed by atoms with Crippen molar-refractivity contribution in [2.75, 3.05) is 25.6 Å². The third-order valence-corrected chi connectivity index (χ3v) is 6.05. The van der Waals surface area contributed by atoms with E-state index in [9.17, 15) is 0 Å². The Morgan fingerprint density at radius 1 is 1.17 bits per heavy atom. The van der Waals surface area contributed by atoms with Crippen molar-refractivity contribution >= 4 is 22.2 Å². The Hall–Kier alpha value is -2.42. The summed E-state index contributed by atoms with van der Waals surface area (Å²) in [5.74, 6) is 0.826. The Kier molecular flexibility index (Phi) is 6.66. The molecular formula is C22H28N6OS.